The Morgan fingerprint density at radius 3 is 2.65 bits per heavy atom. The lowest BCUT2D eigenvalue weighted by atomic mass is 9.60. The number of hydrogen-bond donors (Lipinski definition) is 1. The Kier molecular flexibility index (Phi) is 4.66. The molecule has 3 atom stereocenters. The van der Waals surface area contributed by atoms with Gasteiger partial charge in [-0.25, -0.2) is 4.79 Å². The molecule has 0 unspecified atom stereocenters. The summed E-state index contributed by atoms with van der Waals surface area (Å²) in [6.45, 7) is 7.35. The molecule has 1 aromatic rings. The molecule has 2 heterocycles. The molecule has 0 saturated carbocycles. The first-order valence-electron chi connectivity index (χ1n) is 10.2. The van der Waals surface area contributed by atoms with E-state index in [-0.39, 0.29) is 41.3 Å². The number of phenolic OH excluding ortho intramolecular Hbond substituents is 1. The molecule has 0 radical (unpaired) electrons. The van der Waals surface area contributed by atoms with E-state index in [4.69, 9.17) is 14.2 Å². The Labute approximate surface area is 180 Å². The number of esters is 1. The number of carbonyl (C=O) groups is 3. The van der Waals surface area contributed by atoms with Crippen LogP contribution in [0, 0.1) is 5.92 Å². The van der Waals surface area contributed by atoms with Crippen molar-refractivity contribution < 1.29 is 33.7 Å². The lowest BCUT2D eigenvalue weighted by Crippen LogP contribution is -2.67. The second-order valence-electron chi connectivity index (χ2n) is 9.11. The molecule has 0 aromatic heterocycles. The maximum atomic E-state index is 13.6. The Morgan fingerprint density at radius 2 is 2.00 bits per heavy atom. The third-order valence-electron chi connectivity index (χ3n) is 6.54. The third-order valence-corrected chi connectivity index (χ3v) is 6.54. The second kappa shape index (κ2) is 6.79. The zero-order chi connectivity index (χ0) is 22.8. The van der Waals surface area contributed by atoms with Crippen LogP contribution in [-0.2, 0) is 19.1 Å². The number of allylic oxidation sites excluding steroid dienone is 2. The van der Waals surface area contributed by atoms with Crippen molar-refractivity contribution in [2.24, 2.45) is 5.92 Å². The van der Waals surface area contributed by atoms with Crippen molar-refractivity contribution in [3.8, 4) is 11.5 Å². The summed E-state index contributed by atoms with van der Waals surface area (Å²) in [5, 5.41) is 10.3. The number of ketones is 2. The molecule has 2 aliphatic heterocycles. The Bertz CT molecular complexity index is 1060. The summed E-state index contributed by atoms with van der Waals surface area (Å²) < 4.78 is 18.1. The minimum absolute atomic E-state index is 0.0147. The van der Waals surface area contributed by atoms with Crippen LogP contribution < -0.4 is 4.74 Å². The van der Waals surface area contributed by atoms with Gasteiger partial charge < -0.3 is 19.3 Å². The van der Waals surface area contributed by atoms with Crippen LogP contribution in [0.4, 0.5) is 0 Å². The molecule has 3 aliphatic rings. The molecule has 1 aromatic carbocycles. The predicted octanol–water partition coefficient (Wildman–Crippen LogP) is 3.30. The SMILES string of the molecule is COC(=O)[C@@]1(CC=C(C)C)OC(C)(C)[C@@H]2CC(=O)C=C3C(=O)c4c(O)cccc4O[C@]321. The van der Waals surface area contributed by atoms with E-state index >= 15 is 0 Å². The number of benzene rings is 1. The number of methoxy groups -OCH3 is 1. The Balaban J connectivity index is 2.09. The highest BCUT2D eigenvalue weighted by Gasteiger charge is 2.78. The summed E-state index contributed by atoms with van der Waals surface area (Å²) in [5.74, 6) is -2.23. The number of ether oxygens (including phenoxy) is 3. The number of rotatable bonds is 3. The van der Waals surface area contributed by atoms with Gasteiger partial charge in [0, 0.05) is 18.8 Å². The molecular formula is C24H26O7. The van der Waals surface area contributed by atoms with E-state index in [2.05, 4.69) is 0 Å². The third kappa shape index (κ3) is 2.72. The van der Waals surface area contributed by atoms with Crippen molar-refractivity contribution in [3.05, 3.63) is 47.1 Å². The van der Waals surface area contributed by atoms with Gasteiger partial charge >= 0.3 is 5.97 Å². The highest BCUT2D eigenvalue weighted by atomic mass is 16.6. The van der Waals surface area contributed by atoms with E-state index in [1.54, 1.807) is 26.0 Å². The van der Waals surface area contributed by atoms with Gasteiger partial charge in [-0.05, 0) is 45.9 Å². The average Bonchev–Trinajstić information content (AvgIpc) is 2.89. The first kappa shape index (κ1) is 21.3. The molecule has 1 fully saturated rings. The van der Waals surface area contributed by atoms with Crippen molar-refractivity contribution in [1.29, 1.82) is 0 Å². The number of aromatic hydroxyl groups is 1. The standard InChI is InChI=1S/C24H26O7/c1-13(2)9-10-23(21(28)29-5)24-15(11-14(25)12-18(24)22(3,4)31-23)20(27)19-16(26)7-6-8-17(19)30-24/h6-9,11,18,26H,10,12H2,1-5H3/t18-,23+,24+/m0/s1. The number of Topliss-reactive ketones (excluding diaryl/α,β-unsaturated/α-hetero) is 1. The molecule has 1 aliphatic carbocycles. The van der Waals surface area contributed by atoms with Gasteiger partial charge in [-0.1, -0.05) is 17.7 Å². The highest BCUT2D eigenvalue weighted by molar-refractivity contribution is 6.19. The number of carbonyl (C=O) groups excluding carboxylic acids is 3. The fraction of sp³-hybridized carbons (Fsp3) is 0.458. The summed E-state index contributed by atoms with van der Waals surface area (Å²) in [4.78, 5) is 39.7. The zero-order valence-electron chi connectivity index (χ0n) is 18.3. The van der Waals surface area contributed by atoms with Crippen LogP contribution >= 0.6 is 0 Å². The lowest BCUT2D eigenvalue weighted by Gasteiger charge is -2.49. The van der Waals surface area contributed by atoms with Gasteiger partial charge in [0.05, 0.1) is 18.3 Å². The topological polar surface area (TPSA) is 99.1 Å². The van der Waals surface area contributed by atoms with Gasteiger partial charge in [-0.2, -0.15) is 0 Å². The van der Waals surface area contributed by atoms with E-state index in [9.17, 15) is 19.5 Å². The fourth-order valence-electron chi connectivity index (χ4n) is 5.26. The van der Waals surface area contributed by atoms with Crippen LogP contribution in [0.3, 0.4) is 0 Å². The molecule has 0 amide bonds. The van der Waals surface area contributed by atoms with E-state index in [0.29, 0.717) is 0 Å². The van der Waals surface area contributed by atoms with Crippen LogP contribution in [0.25, 0.3) is 0 Å². The minimum atomic E-state index is -1.70. The summed E-state index contributed by atoms with van der Waals surface area (Å²) in [6, 6.07) is 4.51. The van der Waals surface area contributed by atoms with Gasteiger partial charge in [0.25, 0.3) is 0 Å². The van der Waals surface area contributed by atoms with Crippen LogP contribution in [0.2, 0.25) is 0 Å². The van der Waals surface area contributed by atoms with Crippen LogP contribution in [-0.4, -0.2) is 46.6 Å². The predicted molar refractivity (Wildman–Crippen MR) is 111 cm³/mol. The molecule has 1 spiro atoms. The van der Waals surface area contributed by atoms with Crippen molar-refractivity contribution in [3.63, 3.8) is 0 Å². The monoisotopic (exact) mass is 426 g/mol. The fourth-order valence-corrected chi connectivity index (χ4v) is 5.26. The summed E-state index contributed by atoms with van der Waals surface area (Å²) in [7, 11) is 1.26. The van der Waals surface area contributed by atoms with Crippen molar-refractivity contribution in [2.45, 2.75) is 57.3 Å². The van der Waals surface area contributed by atoms with Gasteiger partial charge in [-0.3, -0.25) is 9.59 Å². The smallest absolute Gasteiger partial charge is 0.343 e. The van der Waals surface area contributed by atoms with E-state index in [1.165, 1.54) is 19.3 Å². The van der Waals surface area contributed by atoms with Gasteiger partial charge in [-0.15, -0.1) is 0 Å². The normalized spacial score (nSPS) is 30.4. The molecule has 4 rings (SSSR count). The molecule has 1 saturated heterocycles. The number of fused-ring (bicyclic) bond motifs is 1. The van der Waals surface area contributed by atoms with Crippen LogP contribution in [0.15, 0.2) is 41.5 Å². The zero-order valence-corrected chi connectivity index (χ0v) is 18.3. The maximum absolute atomic E-state index is 13.6. The number of hydrogen-bond acceptors (Lipinski definition) is 7. The second-order valence-corrected chi connectivity index (χ2v) is 9.11. The van der Waals surface area contributed by atoms with E-state index in [0.717, 1.165) is 5.57 Å². The van der Waals surface area contributed by atoms with E-state index in [1.807, 2.05) is 19.9 Å². The van der Waals surface area contributed by atoms with Crippen molar-refractivity contribution >= 4 is 17.5 Å². The highest BCUT2D eigenvalue weighted by Crippen LogP contribution is 2.62. The lowest BCUT2D eigenvalue weighted by molar-refractivity contribution is -0.188. The molecule has 1 N–H and O–H groups in total. The quantitative estimate of drug-likeness (QED) is 0.585. The van der Waals surface area contributed by atoms with Crippen LogP contribution in [0.1, 0.15) is 50.9 Å². The molecule has 0 bridgehead atoms. The molecular weight excluding hydrogens is 400 g/mol. The Morgan fingerprint density at radius 1 is 1.29 bits per heavy atom. The van der Waals surface area contributed by atoms with Crippen molar-refractivity contribution in [2.75, 3.05) is 7.11 Å². The largest absolute Gasteiger partial charge is 0.507 e. The minimum Gasteiger partial charge on any atom is -0.507 e. The Hall–Kier alpha value is -2.93. The van der Waals surface area contributed by atoms with Gasteiger partial charge in [0.2, 0.25) is 11.4 Å². The first-order valence-corrected chi connectivity index (χ1v) is 10.2. The first-order chi connectivity index (χ1) is 14.5. The summed E-state index contributed by atoms with van der Waals surface area (Å²) in [6.07, 6.45) is 3.21. The molecule has 7 heteroatoms. The molecule has 31 heavy (non-hydrogen) atoms. The van der Waals surface area contributed by atoms with Gasteiger partial charge in [0.15, 0.2) is 11.4 Å². The maximum Gasteiger partial charge on any atom is 0.343 e. The molecule has 7 nitrogen and oxygen atoms in total. The van der Waals surface area contributed by atoms with Crippen LogP contribution in [0.5, 0.6) is 11.5 Å². The summed E-state index contributed by atoms with van der Waals surface area (Å²) in [5.41, 5.74) is -3.32. The molecule has 164 valence electrons. The van der Waals surface area contributed by atoms with E-state index < -0.39 is 34.5 Å². The summed E-state index contributed by atoms with van der Waals surface area (Å²) >= 11 is 0. The van der Waals surface area contributed by atoms with Gasteiger partial charge in [0.1, 0.15) is 17.1 Å². The number of phenols is 1. The van der Waals surface area contributed by atoms with Crippen molar-refractivity contribution in [1.82, 2.24) is 0 Å². The average molecular weight is 426 g/mol.